The van der Waals surface area contributed by atoms with Crippen LogP contribution in [0.4, 0.5) is 11.4 Å². The van der Waals surface area contributed by atoms with Crippen molar-refractivity contribution in [2.24, 2.45) is 0 Å². The Morgan fingerprint density at radius 1 is 1.40 bits per heavy atom. The van der Waals surface area contributed by atoms with Gasteiger partial charge in [0.05, 0.1) is 11.4 Å². The second-order valence-electron chi connectivity index (χ2n) is 5.33. The molecular formula is C15H23N3O2. The molecule has 110 valence electrons. The molecule has 0 aliphatic carbocycles. The lowest BCUT2D eigenvalue weighted by atomic mass is 10.1. The third-order valence-electron chi connectivity index (χ3n) is 3.52. The molecule has 0 aromatic heterocycles. The maximum absolute atomic E-state index is 12.6. The molecule has 0 spiro atoms. The summed E-state index contributed by atoms with van der Waals surface area (Å²) in [6, 6.07) is 7.76. The number of aliphatic hydroxyl groups excluding tert-OH is 1. The van der Waals surface area contributed by atoms with Gasteiger partial charge in [-0.05, 0) is 32.4 Å². The minimum Gasteiger partial charge on any atom is -0.396 e. The fraction of sp³-hybridized carbons (Fsp3) is 0.533. The number of nitrogens with one attached hydrogen (secondary N) is 2. The van der Waals surface area contributed by atoms with Crippen molar-refractivity contribution in [3.8, 4) is 0 Å². The first kappa shape index (κ1) is 14.7. The maximum atomic E-state index is 12.6. The van der Waals surface area contributed by atoms with Crippen LogP contribution < -0.4 is 10.6 Å². The average molecular weight is 277 g/mol. The van der Waals surface area contributed by atoms with E-state index in [2.05, 4.69) is 10.6 Å². The van der Waals surface area contributed by atoms with Gasteiger partial charge in [0.2, 0.25) is 5.91 Å². The maximum Gasteiger partial charge on any atom is 0.247 e. The van der Waals surface area contributed by atoms with Gasteiger partial charge in [0.15, 0.2) is 0 Å². The molecule has 2 rings (SSSR count). The van der Waals surface area contributed by atoms with Crippen molar-refractivity contribution in [3.05, 3.63) is 24.3 Å². The summed E-state index contributed by atoms with van der Waals surface area (Å²) in [7, 11) is 0. The monoisotopic (exact) mass is 277 g/mol. The molecule has 1 aliphatic heterocycles. The number of amides is 1. The smallest absolute Gasteiger partial charge is 0.247 e. The first-order valence-electron chi connectivity index (χ1n) is 7.14. The summed E-state index contributed by atoms with van der Waals surface area (Å²) in [6.45, 7) is 5.28. The highest BCUT2D eigenvalue weighted by molar-refractivity contribution is 5.88. The molecule has 0 saturated carbocycles. The Bertz CT molecular complexity index is 462. The zero-order valence-electron chi connectivity index (χ0n) is 12.1. The van der Waals surface area contributed by atoms with E-state index in [-0.39, 0.29) is 24.6 Å². The molecule has 5 nitrogen and oxygen atoms in total. The van der Waals surface area contributed by atoms with Crippen LogP contribution in [0.2, 0.25) is 0 Å². The highest BCUT2D eigenvalue weighted by Gasteiger charge is 2.28. The SMILES string of the molecule is CC(C)N(CCCO)C(=O)C1CNc2ccccc2N1. The van der Waals surface area contributed by atoms with Gasteiger partial charge in [0.25, 0.3) is 0 Å². The molecule has 5 heteroatoms. The summed E-state index contributed by atoms with van der Waals surface area (Å²) in [4.78, 5) is 14.4. The molecule has 3 N–H and O–H groups in total. The third-order valence-corrected chi connectivity index (χ3v) is 3.52. The molecule has 0 saturated heterocycles. The minimum absolute atomic E-state index is 0.0791. The van der Waals surface area contributed by atoms with E-state index < -0.39 is 0 Å². The second-order valence-corrected chi connectivity index (χ2v) is 5.33. The number of para-hydroxylation sites is 2. The summed E-state index contributed by atoms with van der Waals surface area (Å²) < 4.78 is 0. The van der Waals surface area contributed by atoms with Crippen LogP contribution in [0.3, 0.4) is 0 Å². The summed E-state index contributed by atoms with van der Waals surface area (Å²) in [5.41, 5.74) is 1.99. The number of fused-ring (bicyclic) bond motifs is 1. The number of hydrogen-bond donors (Lipinski definition) is 3. The molecule has 0 radical (unpaired) electrons. The fourth-order valence-corrected chi connectivity index (χ4v) is 2.43. The minimum atomic E-state index is -0.258. The number of anilines is 2. The molecule has 1 amide bonds. The van der Waals surface area contributed by atoms with Crippen molar-refractivity contribution in [1.82, 2.24) is 4.90 Å². The van der Waals surface area contributed by atoms with Gasteiger partial charge in [-0.2, -0.15) is 0 Å². The van der Waals surface area contributed by atoms with E-state index in [1.54, 1.807) is 0 Å². The van der Waals surface area contributed by atoms with E-state index in [9.17, 15) is 4.79 Å². The molecule has 1 unspecified atom stereocenters. The number of rotatable bonds is 5. The van der Waals surface area contributed by atoms with Crippen LogP contribution in [0.15, 0.2) is 24.3 Å². The zero-order chi connectivity index (χ0) is 14.5. The largest absolute Gasteiger partial charge is 0.396 e. The molecule has 1 aliphatic rings. The van der Waals surface area contributed by atoms with Crippen molar-refractivity contribution in [2.75, 3.05) is 30.3 Å². The highest BCUT2D eigenvalue weighted by atomic mass is 16.3. The van der Waals surface area contributed by atoms with Crippen LogP contribution in [0.5, 0.6) is 0 Å². The van der Waals surface area contributed by atoms with Crippen molar-refractivity contribution >= 4 is 17.3 Å². The fourth-order valence-electron chi connectivity index (χ4n) is 2.43. The lowest BCUT2D eigenvalue weighted by molar-refractivity contribution is -0.133. The molecule has 1 atom stereocenters. The van der Waals surface area contributed by atoms with Gasteiger partial charge in [-0.15, -0.1) is 0 Å². The van der Waals surface area contributed by atoms with Gasteiger partial charge in [0.1, 0.15) is 6.04 Å². The summed E-state index contributed by atoms with van der Waals surface area (Å²) in [5.74, 6) is 0.0791. The summed E-state index contributed by atoms with van der Waals surface area (Å²) in [6.07, 6.45) is 0.612. The standard InChI is InChI=1S/C15H23N3O2/c1-11(2)18(8-5-9-19)15(20)14-10-16-12-6-3-4-7-13(12)17-14/h3-4,6-7,11,14,16-17,19H,5,8-10H2,1-2H3. The van der Waals surface area contributed by atoms with Crippen molar-refractivity contribution in [3.63, 3.8) is 0 Å². The zero-order valence-corrected chi connectivity index (χ0v) is 12.1. The van der Waals surface area contributed by atoms with E-state index in [1.165, 1.54) is 0 Å². The van der Waals surface area contributed by atoms with Crippen molar-refractivity contribution < 1.29 is 9.90 Å². The Kier molecular flexibility index (Phi) is 4.84. The van der Waals surface area contributed by atoms with E-state index in [0.29, 0.717) is 19.5 Å². The Hall–Kier alpha value is -1.75. The van der Waals surface area contributed by atoms with Crippen LogP contribution in [-0.2, 0) is 4.79 Å². The van der Waals surface area contributed by atoms with Crippen LogP contribution >= 0.6 is 0 Å². The van der Waals surface area contributed by atoms with E-state index in [1.807, 2.05) is 43.0 Å². The van der Waals surface area contributed by atoms with Crippen LogP contribution in [-0.4, -0.2) is 47.7 Å². The Labute approximate surface area is 120 Å². The van der Waals surface area contributed by atoms with Gasteiger partial charge < -0.3 is 20.6 Å². The topological polar surface area (TPSA) is 64.6 Å². The van der Waals surface area contributed by atoms with Crippen LogP contribution in [0.1, 0.15) is 20.3 Å². The first-order chi connectivity index (χ1) is 9.63. The van der Waals surface area contributed by atoms with Gasteiger partial charge in [-0.3, -0.25) is 4.79 Å². The molecule has 1 aromatic carbocycles. The summed E-state index contributed by atoms with van der Waals surface area (Å²) >= 11 is 0. The van der Waals surface area contributed by atoms with Crippen LogP contribution in [0, 0.1) is 0 Å². The third kappa shape index (κ3) is 3.22. The van der Waals surface area contributed by atoms with Gasteiger partial charge in [0, 0.05) is 25.7 Å². The highest BCUT2D eigenvalue weighted by Crippen LogP contribution is 2.25. The Balaban J connectivity index is 2.06. The predicted molar refractivity (Wildman–Crippen MR) is 80.9 cm³/mol. The van der Waals surface area contributed by atoms with Crippen molar-refractivity contribution in [2.45, 2.75) is 32.4 Å². The number of nitrogens with zero attached hydrogens (tertiary/aromatic N) is 1. The molecule has 0 fully saturated rings. The number of carbonyl (C=O) groups excluding carboxylic acids is 1. The molecule has 20 heavy (non-hydrogen) atoms. The van der Waals surface area contributed by atoms with Gasteiger partial charge in [-0.25, -0.2) is 0 Å². The number of benzene rings is 1. The Morgan fingerprint density at radius 3 is 2.75 bits per heavy atom. The average Bonchev–Trinajstić information content (AvgIpc) is 2.46. The number of hydrogen-bond acceptors (Lipinski definition) is 4. The lowest BCUT2D eigenvalue weighted by Gasteiger charge is -2.34. The van der Waals surface area contributed by atoms with E-state index in [4.69, 9.17) is 5.11 Å². The molecular weight excluding hydrogens is 254 g/mol. The molecule has 1 aromatic rings. The number of aliphatic hydroxyl groups is 1. The van der Waals surface area contributed by atoms with E-state index >= 15 is 0 Å². The van der Waals surface area contributed by atoms with Gasteiger partial charge >= 0.3 is 0 Å². The first-order valence-corrected chi connectivity index (χ1v) is 7.14. The quantitative estimate of drug-likeness (QED) is 0.763. The van der Waals surface area contributed by atoms with Gasteiger partial charge in [-0.1, -0.05) is 12.1 Å². The van der Waals surface area contributed by atoms with Crippen LogP contribution in [0.25, 0.3) is 0 Å². The van der Waals surface area contributed by atoms with E-state index in [0.717, 1.165) is 11.4 Å². The number of carbonyl (C=O) groups is 1. The second kappa shape index (κ2) is 6.61. The summed E-state index contributed by atoms with van der Waals surface area (Å²) in [5, 5.41) is 15.5. The lowest BCUT2D eigenvalue weighted by Crippen LogP contribution is -2.50. The normalized spacial score (nSPS) is 17.1. The predicted octanol–water partition coefficient (Wildman–Crippen LogP) is 1.51. The molecule has 1 heterocycles. The molecule has 0 bridgehead atoms. The van der Waals surface area contributed by atoms with Crippen molar-refractivity contribution in [1.29, 1.82) is 0 Å². The Morgan fingerprint density at radius 2 is 2.10 bits per heavy atom.